The normalized spacial score (nSPS) is 18.4. The van der Waals surface area contributed by atoms with E-state index in [4.69, 9.17) is 14.2 Å². The zero-order chi connectivity index (χ0) is 58.7. The van der Waals surface area contributed by atoms with Gasteiger partial charge in [0.05, 0.1) is 32.0 Å². The molecule has 476 valence electrons. The average Bonchev–Trinajstić information content (AvgIpc) is 3.47. The average molecular weight is 1150 g/mol. The lowest BCUT2D eigenvalue weighted by atomic mass is 9.99. The Morgan fingerprint density at radius 3 is 1.25 bits per heavy atom. The number of esters is 1. The molecular weight excluding hydrogens is 1010 g/mol. The molecule has 1 saturated heterocycles. The van der Waals surface area contributed by atoms with Crippen LogP contribution < -0.4 is 5.32 Å². The summed E-state index contributed by atoms with van der Waals surface area (Å²) < 4.78 is 16.7. The Morgan fingerprint density at radius 1 is 0.457 bits per heavy atom. The lowest BCUT2D eigenvalue weighted by Crippen LogP contribution is -2.60. The molecule has 0 aromatic rings. The number of hydrogen-bond acceptors (Lipinski definition) is 10. The zero-order valence-corrected chi connectivity index (χ0v) is 52.8. The van der Waals surface area contributed by atoms with Gasteiger partial charge in [0.2, 0.25) is 5.91 Å². The van der Waals surface area contributed by atoms with Crippen LogP contribution in [-0.2, 0) is 23.8 Å². The molecule has 0 saturated carbocycles. The Bertz CT molecular complexity index is 1440. The van der Waals surface area contributed by atoms with Gasteiger partial charge in [-0.25, -0.2) is 0 Å². The molecule has 1 aliphatic rings. The van der Waals surface area contributed by atoms with E-state index in [1.165, 1.54) is 244 Å². The van der Waals surface area contributed by atoms with Gasteiger partial charge in [-0.05, 0) is 64.2 Å². The number of aliphatic hydroxyl groups is 5. The van der Waals surface area contributed by atoms with Crippen molar-refractivity contribution >= 4 is 11.9 Å². The number of carbonyl (C=O) groups is 2. The Kier molecular flexibility index (Phi) is 56.6. The Labute approximate surface area is 498 Å². The van der Waals surface area contributed by atoms with Crippen molar-refractivity contribution in [1.82, 2.24) is 5.32 Å². The maximum Gasteiger partial charge on any atom is 0.305 e. The van der Waals surface area contributed by atoms with Crippen LogP contribution in [0.25, 0.3) is 0 Å². The minimum Gasteiger partial charge on any atom is -0.466 e. The van der Waals surface area contributed by atoms with Gasteiger partial charge < -0.3 is 45.1 Å². The number of unbranched alkanes of at least 4 members (excludes halogenated alkanes) is 43. The van der Waals surface area contributed by atoms with Crippen LogP contribution in [0.15, 0.2) is 36.5 Å². The van der Waals surface area contributed by atoms with Gasteiger partial charge in [-0.2, -0.15) is 0 Å². The molecule has 0 bridgehead atoms. The number of amides is 1. The predicted octanol–water partition coefficient (Wildman–Crippen LogP) is 17.4. The van der Waals surface area contributed by atoms with Gasteiger partial charge >= 0.3 is 5.97 Å². The van der Waals surface area contributed by atoms with Gasteiger partial charge in [0.1, 0.15) is 24.4 Å². The molecule has 6 N–H and O–H groups in total. The van der Waals surface area contributed by atoms with E-state index in [1.807, 2.05) is 6.08 Å². The fourth-order valence-electron chi connectivity index (χ4n) is 11.0. The molecule has 7 atom stereocenters. The molecule has 0 aromatic heterocycles. The van der Waals surface area contributed by atoms with Crippen molar-refractivity contribution in [2.45, 2.75) is 378 Å². The largest absolute Gasteiger partial charge is 0.466 e. The van der Waals surface area contributed by atoms with E-state index in [-0.39, 0.29) is 18.5 Å². The molecule has 0 spiro atoms. The number of aliphatic hydroxyl groups excluding tert-OH is 5. The van der Waals surface area contributed by atoms with Crippen LogP contribution in [0.2, 0.25) is 0 Å². The first-order valence-corrected chi connectivity index (χ1v) is 34.8. The monoisotopic (exact) mass is 1150 g/mol. The number of rotatable bonds is 61. The topological polar surface area (TPSA) is 175 Å². The third-order valence-electron chi connectivity index (χ3n) is 16.5. The van der Waals surface area contributed by atoms with Crippen molar-refractivity contribution in [2.24, 2.45) is 0 Å². The van der Waals surface area contributed by atoms with Crippen LogP contribution in [0.3, 0.4) is 0 Å². The summed E-state index contributed by atoms with van der Waals surface area (Å²) in [6, 6.07) is -0.809. The quantitative estimate of drug-likeness (QED) is 0.0195. The third kappa shape index (κ3) is 48.8. The minimum absolute atomic E-state index is 0.00509. The lowest BCUT2D eigenvalue weighted by Gasteiger charge is -2.40. The molecule has 11 heteroatoms. The van der Waals surface area contributed by atoms with Crippen LogP contribution in [0.1, 0.15) is 335 Å². The van der Waals surface area contributed by atoms with Crippen LogP contribution >= 0.6 is 0 Å². The molecule has 81 heavy (non-hydrogen) atoms. The fraction of sp³-hybridized carbons (Fsp3) is 0.886. The van der Waals surface area contributed by atoms with Crippen molar-refractivity contribution < 1.29 is 49.3 Å². The fourth-order valence-corrected chi connectivity index (χ4v) is 11.0. The van der Waals surface area contributed by atoms with Gasteiger partial charge in [-0.1, -0.05) is 294 Å². The van der Waals surface area contributed by atoms with Crippen LogP contribution in [0.5, 0.6) is 0 Å². The van der Waals surface area contributed by atoms with Gasteiger partial charge in [0.25, 0.3) is 0 Å². The van der Waals surface area contributed by atoms with E-state index in [9.17, 15) is 35.1 Å². The molecule has 7 unspecified atom stereocenters. The summed E-state index contributed by atoms with van der Waals surface area (Å²) in [6.07, 6.45) is 65.6. The number of hydrogen-bond donors (Lipinski definition) is 6. The standard InChI is InChI=1S/C70H131NO10/c1-3-5-7-9-11-13-36-40-44-48-52-56-63(73)62(61-80-70-69(78)68(77)67(76)64(60-72)81-70)71-65(74)57-53-49-45-41-38-34-32-30-28-26-24-22-20-18-16-15-17-19-21-23-25-27-29-31-33-35-39-43-47-51-55-59-79-66(75)58-54-50-46-42-37-14-12-10-8-6-4-2/h17,19,23,25,52,56,62-64,67-70,72-73,76-78H,3-16,18,20-22,24,26-51,53-55,57-61H2,1-2H3,(H,71,74)/b19-17-,25-23-,56-52+. The number of carbonyl (C=O) groups excluding carboxylic acids is 2. The molecule has 1 fully saturated rings. The zero-order valence-electron chi connectivity index (χ0n) is 52.8. The maximum atomic E-state index is 13.0. The molecule has 0 aromatic carbocycles. The molecule has 1 rings (SSSR count). The smallest absolute Gasteiger partial charge is 0.305 e. The van der Waals surface area contributed by atoms with Crippen molar-refractivity contribution in [3.8, 4) is 0 Å². The molecule has 1 aliphatic heterocycles. The van der Waals surface area contributed by atoms with E-state index in [2.05, 4.69) is 43.5 Å². The highest BCUT2D eigenvalue weighted by Gasteiger charge is 2.44. The van der Waals surface area contributed by atoms with E-state index >= 15 is 0 Å². The van der Waals surface area contributed by atoms with Crippen LogP contribution in [0, 0.1) is 0 Å². The second-order valence-electron chi connectivity index (χ2n) is 24.2. The molecule has 1 heterocycles. The summed E-state index contributed by atoms with van der Waals surface area (Å²) in [7, 11) is 0. The van der Waals surface area contributed by atoms with Crippen LogP contribution in [-0.4, -0.2) is 100 Å². The molecule has 1 amide bonds. The summed E-state index contributed by atoms with van der Waals surface area (Å²) in [4.78, 5) is 25.1. The summed E-state index contributed by atoms with van der Waals surface area (Å²) in [5, 5.41) is 54.4. The second-order valence-corrected chi connectivity index (χ2v) is 24.2. The summed E-state index contributed by atoms with van der Waals surface area (Å²) in [5.41, 5.74) is 0. The second kappa shape index (κ2) is 59.6. The highest BCUT2D eigenvalue weighted by molar-refractivity contribution is 5.76. The minimum atomic E-state index is -1.57. The highest BCUT2D eigenvalue weighted by Crippen LogP contribution is 2.23. The Morgan fingerprint density at radius 2 is 0.827 bits per heavy atom. The lowest BCUT2D eigenvalue weighted by molar-refractivity contribution is -0.302. The predicted molar refractivity (Wildman–Crippen MR) is 338 cm³/mol. The first kappa shape index (κ1) is 76.9. The SMILES string of the molecule is CCCCCCCCCCC/C=C/C(O)C(COC1OC(CO)C(O)C(O)C1O)NC(=O)CCCCCCCCCCCCCCCCC/C=C\C/C=C\CCCCCCCCCCCOC(=O)CCCCCCCCCCCCC. The molecular formula is C70H131NO10. The van der Waals surface area contributed by atoms with E-state index < -0.39 is 49.5 Å². The number of allylic oxidation sites excluding steroid dienone is 5. The Hall–Kier alpha value is -2.12. The first-order valence-electron chi connectivity index (χ1n) is 34.8. The third-order valence-corrected chi connectivity index (χ3v) is 16.5. The highest BCUT2D eigenvalue weighted by atomic mass is 16.7. The van der Waals surface area contributed by atoms with E-state index in [0.29, 0.717) is 19.4 Å². The van der Waals surface area contributed by atoms with E-state index in [0.717, 1.165) is 64.2 Å². The molecule has 11 nitrogen and oxygen atoms in total. The summed E-state index contributed by atoms with van der Waals surface area (Å²) in [6.45, 7) is 4.35. The number of ether oxygens (including phenoxy) is 3. The van der Waals surface area contributed by atoms with Crippen LogP contribution in [0.4, 0.5) is 0 Å². The van der Waals surface area contributed by atoms with Crippen molar-refractivity contribution in [3.05, 3.63) is 36.5 Å². The number of nitrogens with one attached hydrogen (secondary N) is 1. The molecule has 0 aliphatic carbocycles. The van der Waals surface area contributed by atoms with Crippen molar-refractivity contribution in [2.75, 3.05) is 19.8 Å². The molecule has 0 radical (unpaired) electrons. The van der Waals surface area contributed by atoms with Gasteiger partial charge in [0, 0.05) is 12.8 Å². The van der Waals surface area contributed by atoms with Crippen molar-refractivity contribution in [1.29, 1.82) is 0 Å². The van der Waals surface area contributed by atoms with Gasteiger partial charge in [-0.3, -0.25) is 9.59 Å². The van der Waals surface area contributed by atoms with Gasteiger partial charge in [0.15, 0.2) is 6.29 Å². The Balaban J connectivity index is 1.97. The maximum absolute atomic E-state index is 13.0. The van der Waals surface area contributed by atoms with Crippen molar-refractivity contribution in [3.63, 3.8) is 0 Å². The van der Waals surface area contributed by atoms with E-state index in [1.54, 1.807) is 6.08 Å². The summed E-state index contributed by atoms with van der Waals surface area (Å²) in [5.74, 6) is -0.176. The summed E-state index contributed by atoms with van der Waals surface area (Å²) >= 11 is 0. The first-order chi connectivity index (χ1) is 39.7. The van der Waals surface area contributed by atoms with Gasteiger partial charge in [-0.15, -0.1) is 0 Å².